The lowest BCUT2D eigenvalue weighted by Gasteiger charge is -2.28. The van der Waals surface area contributed by atoms with Gasteiger partial charge < -0.3 is 35.2 Å². The topological polar surface area (TPSA) is 170 Å². The Labute approximate surface area is 260 Å². The number of carbonyl (C=O) groups excluding carboxylic acids is 4. The summed E-state index contributed by atoms with van der Waals surface area (Å²) < 4.78 is 17.5. The van der Waals surface area contributed by atoms with Crippen molar-refractivity contribution in [3.63, 3.8) is 0 Å². The van der Waals surface area contributed by atoms with E-state index < -0.39 is 35.7 Å². The van der Waals surface area contributed by atoms with Crippen LogP contribution in [0.5, 0.6) is 5.75 Å². The molecule has 0 unspecified atom stereocenters. The van der Waals surface area contributed by atoms with E-state index in [9.17, 15) is 24.0 Å². The highest BCUT2D eigenvalue weighted by molar-refractivity contribution is 6.00. The summed E-state index contributed by atoms with van der Waals surface area (Å²) >= 11 is 0. The van der Waals surface area contributed by atoms with Crippen molar-refractivity contribution in [1.82, 2.24) is 15.5 Å². The number of hydrogen-bond donors (Lipinski definition) is 3. The Kier molecular flexibility index (Phi) is 9.24. The lowest BCUT2D eigenvalue weighted by molar-refractivity contribution is -0.132. The molecule has 2 aromatic carbocycles. The second-order valence-corrected chi connectivity index (χ2v) is 12.1. The van der Waals surface area contributed by atoms with Gasteiger partial charge in [-0.05, 0) is 74.4 Å². The summed E-state index contributed by atoms with van der Waals surface area (Å²) in [7, 11) is 0. The van der Waals surface area contributed by atoms with Crippen LogP contribution in [0.4, 0.5) is 0 Å². The molecule has 0 bridgehead atoms. The molecule has 3 aromatic rings. The van der Waals surface area contributed by atoms with E-state index in [4.69, 9.17) is 19.6 Å². The fraction of sp³-hybridized carbons (Fsp3) is 0.424. The molecule has 2 aliphatic heterocycles. The maximum atomic E-state index is 14.0. The zero-order chi connectivity index (χ0) is 32.4. The Morgan fingerprint density at radius 3 is 2.56 bits per heavy atom. The second-order valence-electron chi connectivity index (χ2n) is 12.1. The van der Waals surface area contributed by atoms with E-state index in [1.165, 1.54) is 11.0 Å². The number of primary amides is 1. The first-order valence-corrected chi connectivity index (χ1v) is 15.0. The smallest absolute Gasteiger partial charge is 0.254 e. The van der Waals surface area contributed by atoms with E-state index in [2.05, 4.69) is 10.6 Å². The Bertz CT molecular complexity index is 1730. The van der Waals surface area contributed by atoms with Gasteiger partial charge in [0.1, 0.15) is 29.2 Å². The molecule has 1 aromatic heterocycles. The summed E-state index contributed by atoms with van der Waals surface area (Å²) in [5.74, 6) is -1.30. The maximum absolute atomic E-state index is 14.0. The number of benzene rings is 2. The van der Waals surface area contributed by atoms with Gasteiger partial charge in [0, 0.05) is 23.7 Å². The van der Waals surface area contributed by atoms with Gasteiger partial charge in [0.2, 0.25) is 17.7 Å². The van der Waals surface area contributed by atoms with Crippen LogP contribution in [0.1, 0.15) is 60.2 Å². The Hall–Kier alpha value is -4.71. The van der Waals surface area contributed by atoms with Gasteiger partial charge >= 0.3 is 0 Å². The SMILES string of the molecule is Cc1cc2oc(-c3cc(C(=O)N4CCC[C@H]4C(=O)N[C@H](CC(C)C)C(=O)NCC(N)=O)cc4c3OCOC4)cc(=O)c2cc1C. The number of nitrogens with one attached hydrogen (secondary N) is 2. The third kappa shape index (κ3) is 6.85. The van der Waals surface area contributed by atoms with Crippen LogP contribution >= 0.6 is 0 Å². The zero-order valence-corrected chi connectivity index (χ0v) is 25.9. The molecular formula is C33H38N4O8. The van der Waals surface area contributed by atoms with Crippen LogP contribution in [-0.4, -0.2) is 60.5 Å². The number of carbonyl (C=O) groups is 4. The van der Waals surface area contributed by atoms with Gasteiger partial charge in [-0.2, -0.15) is 0 Å². The Morgan fingerprint density at radius 1 is 1.07 bits per heavy atom. The average molecular weight is 619 g/mol. The molecule has 0 aliphatic carbocycles. The largest absolute Gasteiger partial charge is 0.466 e. The summed E-state index contributed by atoms with van der Waals surface area (Å²) in [4.78, 5) is 66.0. The molecule has 5 rings (SSSR count). The van der Waals surface area contributed by atoms with Gasteiger partial charge in [0.15, 0.2) is 12.2 Å². The van der Waals surface area contributed by atoms with Crippen LogP contribution in [0.2, 0.25) is 0 Å². The number of amides is 4. The quantitative estimate of drug-likeness (QED) is 0.329. The molecule has 4 amide bonds. The lowest BCUT2D eigenvalue weighted by Crippen LogP contribution is -2.54. The van der Waals surface area contributed by atoms with Gasteiger partial charge in [-0.25, -0.2) is 0 Å². The molecule has 0 spiro atoms. The molecular weight excluding hydrogens is 580 g/mol. The fourth-order valence-corrected chi connectivity index (χ4v) is 5.79. The molecule has 1 saturated heterocycles. The first kappa shape index (κ1) is 31.7. The second kappa shape index (κ2) is 13.1. The van der Waals surface area contributed by atoms with Crippen LogP contribution in [0, 0.1) is 19.8 Å². The van der Waals surface area contributed by atoms with Crippen LogP contribution in [0.15, 0.2) is 39.5 Å². The number of hydrogen-bond acceptors (Lipinski definition) is 8. The van der Waals surface area contributed by atoms with Crippen molar-refractivity contribution >= 4 is 34.6 Å². The first-order chi connectivity index (χ1) is 21.4. The highest BCUT2D eigenvalue weighted by Gasteiger charge is 2.37. The number of nitrogens with zero attached hydrogens (tertiary/aromatic N) is 1. The third-order valence-electron chi connectivity index (χ3n) is 8.16. The highest BCUT2D eigenvalue weighted by atomic mass is 16.7. The highest BCUT2D eigenvalue weighted by Crippen LogP contribution is 2.38. The molecule has 2 aliphatic rings. The molecule has 238 valence electrons. The summed E-state index contributed by atoms with van der Waals surface area (Å²) in [6.07, 6.45) is 1.34. The van der Waals surface area contributed by atoms with Crippen molar-refractivity contribution in [2.45, 2.75) is 65.6 Å². The molecule has 0 saturated carbocycles. The first-order valence-electron chi connectivity index (χ1n) is 15.0. The molecule has 12 nitrogen and oxygen atoms in total. The number of ether oxygens (including phenoxy) is 2. The van der Waals surface area contributed by atoms with E-state index in [1.807, 2.05) is 33.8 Å². The van der Waals surface area contributed by atoms with Crippen molar-refractivity contribution in [2.75, 3.05) is 19.9 Å². The molecule has 0 radical (unpaired) electrons. The summed E-state index contributed by atoms with van der Waals surface area (Å²) in [5.41, 5.74) is 8.61. The van der Waals surface area contributed by atoms with Crippen LogP contribution in [0.3, 0.4) is 0 Å². The Balaban J connectivity index is 1.46. The molecule has 2 atom stereocenters. The van der Waals surface area contributed by atoms with Crippen molar-refractivity contribution in [3.05, 3.63) is 62.8 Å². The predicted molar refractivity (Wildman–Crippen MR) is 165 cm³/mol. The van der Waals surface area contributed by atoms with Crippen molar-refractivity contribution < 1.29 is 33.1 Å². The monoisotopic (exact) mass is 618 g/mol. The van der Waals surface area contributed by atoms with Crippen LogP contribution in [-0.2, 0) is 25.7 Å². The lowest BCUT2D eigenvalue weighted by atomic mass is 9.99. The third-order valence-corrected chi connectivity index (χ3v) is 8.16. The standard InChI is InChI=1S/C33H38N4O8/c1-17(2)8-24(31(40)35-14-29(34)39)36-32(41)25-6-5-7-37(25)33(42)20-11-21-15-43-16-44-30(21)23(12-20)28-13-26(38)22-9-18(3)19(4)10-27(22)45-28/h9-13,17,24-25H,5-8,14-16H2,1-4H3,(H2,34,39)(H,35,40)(H,36,41)/t24-,25+/m1/s1. The van der Waals surface area contributed by atoms with Gasteiger partial charge in [0.25, 0.3) is 5.91 Å². The molecule has 12 heteroatoms. The van der Waals surface area contributed by atoms with Gasteiger partial charge in [-0.1, -0.05) is 13.8 Å². The van der Waals surface area contributed by atoms with E-state index in [0.29, 0.717) is 53.7 Å². The maximum Gasteiger partial charge on any atom is 0.254 e. The fourth-order valence-electron chi connectivity index (χ4n) is 5.79. The minimum atomic E-state index is -0.901. The molecule has 1 fully saturated rings. The molecule has 4 N–H and O–H groups in total. The number of nitrogens with two attached hydrogens (primary N) is 1. The number of likely N-dealkylation sites (tertiary alicyclic amines) is 1. The molecule has 45 heavy (non-hydrogen) atoms. The van der Waals surface area contributed by atoms with Crippen molar-refractivity contribution in [2.24, 2.45) is 11.7 Å². The normalized spacial score (nSPS) is 16.6. The minimum absolute atomic E-state index is 0.00232. The van der Waals surface area contributed by atoms with Crippen molar-refractivity contribution in [3.8, 4) is 17.1 Å². The number of rotatable bonds is 9. The number of fused-ring (bicyclic) bond motifs is 2. The van der Waals surface area contributed by atoms with Crippen LogP contribution in [0.25, 0.3) is 22.3 Å². The van der Waals surface area contributed by atoms with Gasteiger partial charge in [-0.3, -0.25) is 24.0 Å². The van der Waals surface area contributed by atoms with Crippen molar-refractivity contribution in [1.29, 1.82) is 0 Å². The number of aryl methyl sites for hydroxylation is 2. The predicted octanol–water partition coefficient (Wildman–Crippen LogP) is 2.68. The van der Waals surface area contributed by atoms with E-state index in [0.717, 1.165) is 11.1 Å². The average Bonchev–Trinajstić information content (AvgIpc) is 3.49. The van der Waals surface area contributed by atoms with Gasteiger partial charge in [-0.15, -0.1) is 0 Å². The van der Waals surface area contributed by atoms with E-state index >= 15 is 0 Å². The zero-order valence-electron chi connectivity index (χ0n) is 25.9. The van der Waals surface area contributed by atoms with E-state index in [1.54, 1.807) is 18.2 Å². The summed E-state index contributed by atoms with van der Waals surface area (Å²) in [6, 6.07) is 6.57. The summed E-state index contributed by atoms with van der Waals surface area (Å²) in [5, 5.41) is 5.69. The summed E-state index contributed by atoms with van der Waals surface area (Å²) in [6.45, 7) is 7.86. The Morgan fingerprint density at radius 2 is 1.82 bits per heavy atom. The minimum Gasteiger partial charge on any atom is -0.466 e. The van der Waals surface area contributed by atoms with Crippen LogP contribution < -0.4 is 26.5 Å². The van der Waals surface area contributed by atoms with E-state index in [-0.39, 0.29) is 42.6 Å². The van der Waals surface area contributed by atoms with Gasteiger partial charge in [0.05, 0.1) is 24.1 Å². The molecule has 3 heterocycles.